The Hall–Kier alpha value is -3.20. The van der Waals surface area contributed by atoms with E-state index in [0.29, 0.717) is 17.3 Å². The monoisotopic (exact) mass is 404 g/mol. The van der Waals surface area contributed by atoms with Crippen LogP contribution in [0.3, 0.4) is 0 Å². The van der Waals surface area contributed by atoms with Gasteiger partial charge >= 0.3 is 6.09 Å². The summed E-state index contributed by atoms with van der Waals surface area (Å²) in [6.07, 6.45) is 3.47. The molecular weight excluding hydrogens is 376 g/mol. The molecule has 6 heteroatoms. The van der Waals surface area contributed by atoms with Crippen molar-refractivity contribution in [3.05, 3.63) is 59.7 Å². The minimum atomic E-state index is -0.565. The van der Waals surface area contributed by atoms with Gasteiger partial charge in [0, 0.05) is 12.1 Å². The summed E-state index contributed by atoms with van der Waals surface area (Å²) < 4.78 is 5.77. The van der Waals surface area contributed by atoms with E-state index in [0.717, 1.165) is 36.9 Å². The number of anilines is 2. The van der Waals surface area contributed by atoms with Crippen LogP contribution in [-0.2, 0) is 4.74 Å². The minimum Gasteiger partial charge on any atom is -0.441 e. The zero-order valence-electron chi connectivity index (χ0n) is 17.5. The maximum Gasteiger partial charge on any atom is 0.411 e. The molecule has 1 aliphatic heterocycles. The van der Waals surface area contributed by atoms with Gasteiger partial charge in [0.05, 0.1) is 29.0 Å². The van der Waals surface area contributed by atoms with E-state index in [1.165, 1.54) is 0 Å². The zero-order chi connectivity index (χ0) is 21.3. The van der Waals surface area contributed by atoms with Gasteiger partial charge in [-0.1, -0.05) is 30.3 Å². The van der Waals surface area contributed by atoms with Crippen LogP contribution >= 0.6 is 0 Å². The molecule has 156 valence electrons. The van der Waals surface area contributed by atoms with Gasteiger partial charge in [0.2, 0.25) is 0 Å². The fourth-order valence-electron chi connectivity index (χ4n) is 4.81. The summed E-state index contributed by atoms with van der Waals surface area (Å²) in [5.41, 5.74) is 8.64. The molecule has 2 aromatic rings. The number of nitrogen functional groups attached to an aromatic ring is 1. The minimum absolute atomic E-state index is 0.0881. The quantitative estimate of drug-likeness (QED) is 0.712. The van der Waals surface area contributed by atoms with Gasteiger partial charge in [-0.25, -0.2) is 4.79 Å². The number of nitrogens with one attached hydrogen (secondary N) is 1. The van der Waals surface area contributed by atoms with Crippen LogP contribution in [0.15, 0.2) is 48.5 Å². The van der Waals surface area contributed by atoms with Gasteiger partial charge in [-0.05, 0) is 63.3 Å². The summed E-state index contributed by atoms with van der Waals surface area (Å²) >= 11 is 0. The van der Waals surface area contributed by atoms with Crippen molar-refractivity contribution in [2.24, 2.45) is 0 Å². The predicted octanol–water partition coefficient (Wildman–Crippen LogP) is 4.84. The first kappa shape index (κ1) is 20.1. The van der Waals surface area contributed by atoms with Gasteiger partial charge in [0.25, 0.3) is 0 Å². The number of nitrogens with two attached hydrogens (primary N) is 1. The second-order valence-electron chi connectivity index (χ2n) is 8.76. The molecule has 0 bridgehead atoms. The fourth-order valence-corrected chi connectivity index (χ4v) is 4.81. The third-order valence-corrected chi connectivity index (χ3v) is 6.24. The SMILES string of the molecule is CC1(C)OC(=O)N(C2CCC(Nc3ccc(C#N)cc3N)CC2)[C@H]1c1ccccc1. The average molecular weight is 405 g/mol. The van der Waals surface area contributed by atoms with Crippen LogP contribution in [0.1, 0.15) is 56.7 Å². The van der Waals surface area contributed by atoms with E-state index in [-0.39, 0.29) is 18.2 Å². The Morgan fingerprint density at radius 1 is 1.13 bits per heavy atom. The molecule has 0 radical (unpaired) electrons. The Bertz CT molecular complexity index is 959. The molecule has 1 saturated heterocycles. The number of carbonyl (C=O) groups is 1. The molecular formula is C24H28N4O2. The Kier molecular flexibility index (Phi) is 5.29. The summed E-state index contributed by atoms with van der Waals surface area (Å²) in [6, 6.07) is 18.0. The van der Waals surface area contributed by atoms with Crippen molar-refractivity contribution in [2.45, 2.75) is 63.3 Å². The number of benzene rings is 2. The standard InChI is InChI=1S/C24H28N4O2/c1-24(2)22(17-6-4-3-5-7-17)28(23(29)30-24)19-11-9-18(10-12-19)27-21-13-8-16(15-25)14-20(21)26/h3-8,13-14,18-19,22,27H,9-12,26H2,1-2H3/t18?,19?,22-/m0/s1. The number of hydrogen-bond acceptors (Lipinski definition) is 5. The van der Waals surface area contributed by atoms with E-state index in [1.54, 1.807) is 12.1 Å². The largest absolute Gasteiger partial charge is 0.441 e. The van der Waals surface area contributed by atoms with E-state index >= 15 is 0 Å². The van der Waals surface area contributed by atoms with Crippen LogP contribution in [0.2, 0.25) is 0 Å². The topological polar surface area (TPSA) is 91.4 Å². The molecule has 2 fully saturated rings. The molecule has 0 aromatic heterocycles. The summed E-state index contributed by atoms with van der Waals surface area (Å²) in [5, 5.41) is 12.5. The number of nitriles is 1. The first-order chi connectivity index (χ1) is 14.4. The van der Waals surface area contributed by atoms with E-state index in [1.807, 2.05) is 43.0 Å². The second-order valence-corrected chi connectivity index (χ2v) is 8.76. The molecule has 4 rings (SSSR count). The highest BCUT2D eigenvalue weighted by molar-refractivity contribution is 5.72. The predicted molar refractivity (Wildman–Crippen MR) is 117 cm³/mol. The highest BCUT2D eigenvalue weighted by atomic mass is 16.6. The van der Waals surface area contributed by atoms with Crippen LogP contribution in [0, 0.1) is 11.3 Å². The van der Waals surface area contributed by atoms with Crippen molar-refractivity contribution in [3.63, 3.8) is 0 Å². The average Bonchev–Trinajstić information content (AvgIpc) is 2.98. The van der Waals surface area contributed by atoms with Crippen LogP contribution < -0.4 is 11.1 Å². The Morgan fingerprint density at radius 2 is 1.83 bits per heavy atom. The number of ether oxygens (including phenoxy) is 1. The lowest BCUT2D eigenvalue weighted by molar-refractivity contribution is 0.0664. The molecule has 6 nitrogen and oxygen atoms in total. The lowest BCUT2D eigenvalue weighted by atomic mass is 9.86. The molecule has 0 spiro atoms. The van der Waals surface area contributed by atoms with Gasteiger partial charge in [0.1, 0.15) is 5.60 Å². The van der Waals surface area contributed by atoms with Crippen LogP contribution in [0.25, 0.3) is 0 Å². The van der Waals surface area contributed by atoms with E-state index in [4.69, 9.17) is 15.7 Å². The molecule has 0 unspecified atom stereocenters. The fraction of sp³-hybridized carbons (Fsp3) is 0.417. The lowest BCUT2D eigenvalue weighted by Crippen LogP contribution is -2.44. The van der Waals surface area contributed by atoms with Crippen molar-refractivity contribution < 1.29 is 9.53 Å². The molecule has 1 heterocycles. The smallest absolute Gasteiger partial charge is 0.411 e. The first-order valence-corrected chi connectivity index (χ1v) is 10.5. The number of nitrogens with zero attached hydrogens (tertiary/aromatic N) is 2. The number of carbonyl (C=O) groups excluding carboxylic acids is 1. The molecule has 1 aliphatic carbocycles. The number of cyclic esters (lactones) is 1. The highest BCUT2D eigenvalue weighted by Gasteiger charge is 2.51. The van der Waals surface area contributed by atoms with Gasteiger partial charge < -0.3 is 15.8 Å². The van der Waals surface area contributed by atoms with Crippen LogP contribution in [0.4, 0.5) is 16.2 Å². The first-order valence-electron chi connectivity index (χ1n) is 10.5. The molecule has 1 atom stereocenters. The van der Waals surface area contributed by atoms with Crippen molar-refractivity contribution >= 4 is 17.5 Å². The maximum atomic E-state index is 12.8. The van der Waals surface area contributed by atoms with Gasteiger partial charge in [-0.15, -0.1) is 0 Å². The highest BCUT2D eigenvalue weighted by Crippen LogP contribution is 2.44. The summed E-state index contributed by atoms with van der Waals surface area (Å²) in [4.78, 5) is 14.8. The van der Waals surface area contributed by atoms with Crippen molar-refractivity contribution in [1.29, 1.82) is 5.26 Å². The zero-order valence-corrected chi connectivity index (χ0v) is 17.5. The second kappa shape index (κ2) is 7.91. The Morgan fingerprint density at radius 3 is 2.47 bits per heavy atom. The van der Waals surface area contributed by atoms with Crippen LogP contribution in [-0.4, -0.2) is 28.7 Å². The maximum absolute atomic E-state index is 12.8. The number of hydrogen-bond donors (Lipinski definition) is 2. The van der Waals surface area contributed by atoms with Crippen molar-refractivity contribution in [1.82, 2.24) is 4.90 Å². The van der Waals surface area contributed by atoms with Gasteiger partial charge in [-0.2, -0.15) is 5.26 Å². The van der Waals surface area contributed by atoms with Gasteiger partial charge in [-0.3, -0.25) is 4.90 Å². The molecule has 30 heavy (non-hydrogen) atoms. The molecule has 2 aromatic carbocycles. The Labute approximate surface area is 177 Å². The Balaban J connectivity index is 1.45. The summed E-state index contributed by atoms with van der Waals surface area (Å²) in [5.74, 6) is 0. The summed E-state index contributed by atoms with van der Waals surface area (Å²) in [7, 11) is 0. The van der Waals surface area contributed by atoms with Crippen molar-refractivity contribution in [2.75, 3.05) is 11.1 Å². The van der Waals surface area contributed by atoms with Crippen LogP contribution in [0.5, 0.6) is 0 Å². The third-order valence-electron chi connectivity index (χ3n) is 6.24. The lowest BCUT2D eigenvalue weighted by Gasteiger charge is -2.38. The molecule has 2 aliphatic rings. The number of amides is 1. The van der Waals surface area contributed by atoms with Gasteiger partial charge in [0.15, 0.2) is 0 Å². The van der Waals surface area contributed by atoms with E-state index in [9.17, 15) is 4.79 Å². The normalized spacial score (nSPS) is 25.4. The van der Waals surface area contributed by atoms with Crippen molar-refractivity contribution in [3.8, 4) is 6.07 Å². The molecule has 1 saturated carbocycles. The third kappa shape index (κ3) is 3.80. The molecule has 3 N–H and O–H groups in total. The molecule has 1 amide bonds. The van der Waals surface area contributed by atoms with E-state index < -0.39 is 5.60 Å². The van der Waals surface area contributed by atoms with E-state index in [2.05, 4.69) is 23.5 Å². The number of rotatable bonds is 4. The summed E-state index contributed by atoms with van der Waals surface area (Å²) in [6.45, 7) is 3.98.